The largest absolute Gasteiger partial charge is 0.393 e. The summed E-state index contributed by atoms with van der Waals surface area (Å²) in [5.74, 6) is -5.78. The van der Waals surface area contributed by atoms with E-state index < -0.39 is 48.6 Å². The van der Waals surface area contributed by atoms with Gasteiger partial charge in [0.15, 0.2) is 0 Å². The number of imidazole rings is 1. The summed E-state index contributed by atoms with van der Waals surface area (Å²) in [7, 11) is 3.85. The second-order valence-electron chi connectivity index (χ2n) is 10.9. The summed E-state index contributed by atoms with van der Waals surface area (Å²) in [5, 5.41) is 5.06. The summed E-state index contributed by atoms with van der Waals surface area (Å²) in [6.07, 6.45) is -3.90. The lowest BCUT2D eigenvalue weighted by Crippen LogP contribution is -2.55. The number of aromatic nitrogens is 2. The van der Waals surface area contributed by atoms with Gasteiger partial charge in [0.1, 0.15) is 5.82 Å². The summed E-state index contributed by atoms with van der Waals surface area (Å²) in [6, 6.07) is 8.33. The van der Waals surface area contributed by atoms with Crippen molar-refractivity contribution in [2.45, 2.75) is 38.5 Å². The van der Waals surface area contributed by atoms with E-state index in [2.05, 4.69) is 20.5 Å². The molecule has 1 aromatic heterocycles. The van der Waals surface area contributed by atoms with Crippen LogP contribution in [0, 0.1) is 17.7 Å². The first-order valence-electron chi connectivity index (χ1n) is 13.2. The molecule has 3 aromatic rings. The second kappa shape index (κ2) is 10.4. The van der Waals surface area contributed by atoms with Gasteiger partial charge in [0.2, 0.25) is 11.8 Å². The van der Waals surface area contributed by atoms with Crippen LogP contribution in [0.4, 0.5) is 28.9 Å². The molecule has 12 heteroatoms. The number of hydrogen-bond acceptors (Lipinski definition) is 5. The Morgan fingerprint density at radius 2 is 1.80 bits per heavy atom. The highest BCUT2D eigenvalue weighted by Gasteiger charge is 2.50. The molecule has 0 bridgehead atoms. The number of carbonyl (C=O) groups excluding carboxylic acids is 2. The van der Waals surface area contributed by atoms with Gasteiger partial charge in [0.25, 0.3) is 0 Å². The van der Waals surface area contributed by atoms with Gasteiger partial charge in [-0.3, -0.25) is 14.5 Å². The molecule has 214 valence electrons. The van der Waals surface area contributed by atoms with Crippen LogP contribution in [0.15, 0.2) is 36.7 Å². The molecule has 5 rings (SSSR count). The van der Waals surface area contributed by atoms with Gasteiger partial charge < -0.3 is 20.1 Å². The van der Waals surface area contributed by atoms with E-state index in [1.54, 1.807) is 18.5 Å². The molecule has 2 N–H and O–H groups in total. The molecule has 0 saturated carbocycles. The molecule has 2 aliphatic heterocycles. The highest BCUT2D eigenvalue weighted by molar-refractivity contribution is 5.98. The highest BCUT2D eigenvalue weighted by Crippen LogP contribution is 2.40. The number of anilines is 2. The summed E-state index contributed by atoms with van der Waals surface area (Å²) < 4.78 is 58.9. The number of carbonyl (C=O) groups is 2. The zero-order chi connectivity index (χ0) is 28.9. The molecule has 0 spiro atoms. The maximum atomic E-state index is 15.7. The van der Waals surface area contributed by atoms with E-state index in [0.29, 0.717) is 29.9 Å². The minimum absolute atomic E-state index is 0.116. The van der Waals surface area contributed by atoms with E-state index in [9.17, 15) is 22.8 Å². The van der Waals surface area contributed by atoms with Crippen molar-refractivity contribution in [2.75, 3.05) is 36.9 Å². The molecule has 3 heterocycles. The molecule has 0 radical (unpaired) electrons. The van der Waals surface area contributed by atoms with Crippen molar-refractivity contribution in [3.8, 4) is 11.1 Å². The summed E-state index contributed by atoms with van der Waals surface area (Å²) in [4.78, 5) is 33.6. The lowest BCUT2D eigenvalue weighted by molar-refractivity contribution is -0.197. The minimum Gasteiger partial charge on any atom is -0.367 e. The van der Waals surface area contributed by atoms with Crippen molar-refractivity contribution in [1.82, 2.24) is 19.8 Å². The Labute approximate surface area is 229 Å². The predicted molar refractivity (Wildman–Crippen MR) is 144 cm³/mol. The standard InChI is InChI=1S/C28H32F4N6O2/c1-15-12-38(13-16(2)37(15)4)25-10-21(29)18(17-5-6-24-22(7-17)34-14-36(24)3)8-23(25)35-27(40)19-11-33-26(39)9-20(19)28(30,31)32/h5-8,10,14-16,19-20H,9,11-13H2,1-4H3,(H,33,39)(H,35,40)/t15-,16+,19?,20?. The van der Waals surface area contributed by atoms with Gasteiger partial charge >= 0.3 is 6.18 Å². The van der Waals surface area contributed by atoms with E-state index in [1.807, 2.05) is 43.5 Å². The first-order chi connectivity index (χ1) is 18.8. The monoisotopic (exact) mass is 560 g/mol. The smallest absolute Gasteiger partial charge is 0.367 e. The van der Waals surface area contributed by atoms with Gasteiger partial charge in [0, 0.05) is 50.7 Å². The molecule has 2 saturated heterocycles. The molecule has 2 aromatic carbocycles. The van der Waals surface area contributed by atoms with E-state index >= 15 is 4.39 Å². The number of fused-ring (bicyclic) bond motifs is 1. The van der Waals surface area contributed by atoms with Gasteiger partial charge in [-0.2, -0.15) is 13.2 Å². The molecule has 40 heavy (non-hydrogen) atoms. The van der Waals surface area contributed by atoms with Crippen LogP contribution in [0.1, 0.15) is 20.3 Å². The number of amides is 2. The Balaban J connectivity index is 1.56. The lowest BCUT2D eigenvalue weighted by Gasteiger charge is -2.44. The first kappa shape index (κ1) is 27.9. The Hall–Kier alpha value is -3.67. The van der Waals surface area contributed by atoms with Crippen LogP contribution in [0.25, 0.3) is 22.2 Å². The van der Waals surface area contributed by atoms with E-state index in [-0.39, 0.29) is 23.3 Å². The highest BCUT2D eigenvalue weighted by atomic mass is 19.4. The Morgan fingerprint density at radius 3 is 2.48 bits per heavy atom. The quantitative estimate of drug-likeness (QED) is 0.469. The maximum Gasteiger partial charge on any atom is 0.393 e. The third-order valence-corrected chi connectivity index (χ3v) is 8.25. The minimum atomic E-state index is -4.73. The van der Waals surface area contributed by atoms with Gasteiger partial charge in [-0.25, -0.2) is 9.37 Å². The number of piperazine rings is 1. The van der Waals surface area contributed by atoms with Gasteiger partial charge in [-0.05, 0) is 50.7 Å². The van der Waals surface area contributed by atoms with Crippen molar-refractivity contribution in [3.63, 3.8) is 0 Å². The van der Waals surface area contributed by atoms with E-state index in [1.165, 1.54) is 12.1 Å². The van der Waals surface area contributed by atoms with Gasteiger partial charge in [0.05, 0.1) is 40.6 Å². The third-order valence-electron chi connectivity index (χ3n) is 8.25. The van der Waals surface area contributed by atoms with Crippen LogP contribution in [-0.2, 0) is 16.6 Å². The van der Waals surface area contributed by atoms with Crippen LogP contribution < -0.4 is 15.5 Å². The van der Waals surface area contributed by atoms with Crippen molar-refractivity contribution >= 4 is 34.2 Å². The maximum absolute atomic E-state index is 15.7. The summed E-state index contributed by atoms with van der Waals surface area (Å²) in [5.41, 5.74) is 2.82. The number of benzene rings is 2. The van der Waals surface area contributed by atoms with Crippen molar-refractivity contribution < 1.29 is 27.2 Å². The number of nitrogens with zero attached hydrogens (tertiary/aromatic N) is 4. The molecule has 2 unspecified atom stereocenters. The zero-order valence-corrected chi connectivity index (χ0v) is 22.7. The molecule has 2 fully saturated rings. The zero-order valence-electron chi connectivity index (χ0n) is 22.7. The molecule has 2 aliphatic rings. The SMILES string of the molecule is C[C@@H]1CN(c2cc(F)c(-c3ccc4c(c3)ncn4C)cc2NC(=O)C2CNC(=O)CC2C(F)(F)F)C[C@H](C)N1C. The van der Waals surface area contributed by atoms with Crippen molar-refractivity contribution in [2.24, 2.45) is 18.9 Å². The predicted octanol–water partition coefficient (Wildman–Crippen LogP) is 4.16. The van der Waals surface area contributed by atoms with Crippen molar-refractivity contribution in [1.29, 1.82) is 0 Å². The lowest BCUT2D eigenvalue weighted by atomic mass is 9.84. The number of rotatable bonds is 4. The molecule has 0 aliphatic carbocycles. The molecule has 8 nitrogen and oxygen atoms in total. The van der Waals surface area contributed by atoms with Crippen LogP contribution >= 0.6 is 0 Å². The number of alkyl halides is 3. The Morgan fingerprint density at radius 1 is 1.10 bits per heavy atom. The molecular weight excluding hydrogens is 528 g/mol. The molecular formula is C28H32F4N6O2. The first-order valence-corrected chi connectivity index (χ1v) is 13.2. The summed E-state index contributed by atoms with van der Waals surface area (Å²) in [6.45, 7) is 4.70. The molecule has 2 amide bonds. The Kier molecular flexibility index (Phi) is 7.24. The summed E-state index contributed by atoms with van der Waals surface area (Å²) >= 11 is 0. The Bertz CT molecular complexity index is 1440. The van der Waals surface area contributed by atoms with E-state index in [0.717, 1.165) is 5.52 Å². The van der Waals surface area contributed by atoms with Crippen LogP contribution in [0.5, 0.6) is 0 Å². The number of halogens is 4. The van der Waals surface area contributed by atoms with Gasteiger partial charge in [-0.15, -0.1) is 0 Å². The average molecular weight is 561 g/mol. The second-order valence-corrected chi connectivity index (χ2v) is 10.9. The normalized spacial score (nSPS) is 24.3. The fraction of sp³-hybridized carbons (Fsp3) is 0.464. The van der Waals surface area contributed by atoms with Crippen molar-refractivity contribution in [3.05, 3.63) is 42.5 Å². The number of piperidine rings is 1. The fourth-order valence-electron chi connectivity index (χ4n) is 5.68. The number of hydrogen-bond donors (Lipinski definition) is 2. The average Bonchev–Trinajstić information content (AvgIpc) is 3.27. The van der Waals surface area contributed by atoms with Crippen LogP contribution in [-0.4, -0.2) is 71.2 Å². The molecule has 4 atom stereocenters. The number of aryl methyl sites for hydroxylation is 1. The fourth-order valence-corrected chi connectivity index (χ4v) is 5.68. The topological polar surface area (TPSA) is 82.5 Å². The van der Waals surface area contributed by atoms with Crippen LogP contribution in [0.3, 0.4) is 0 Å². The third kappa shape index (κ3) is 5.24. The van der Waals surface area contributed by atoms with Gasteiger partial charge in [-0.1, -0.05) is 6.07 Å². The van der Waals surface area contributed by atoms with Crippen LogP contribution in [0.2, 0.25) is 0 Å². The van der Waals surface area contributed by atoms with E-state index in [4.69, 9.17) is 0 Å². The number of likely N-dealkylation sites (N-methyl/N-ethyl adjacent to an activating group) is 1. The number of nitrogens with one attached hydrogen (secondary N) is 2.